The molecule has 0 spiro atoms. The molecule has 1 aromatic carbocycles. The summed E-state index contributed by atoms with van der Waals surface area (Å²) in [6.07, 6.45) is 0.419. The first-order chi connectivity index (χ1) is 8.13. The van der Waals surface area contributed by atoms with Crippen LogP contribution in [0.3, 0.4) is 0 Å². The smallest absolute Gasteiger partial charge is 0.165 e. The van der Waals surface area contributed by atoms with E-state index in [-0.39, 0.29) is 5.78 Å². The average Bonchev–Trinajstić information content (AvgIpc) is 2.34. The second-order valence-corrected chi connectivity index (χ2v) is 4.40. The molecule has 3 heteroatoms. The number of Topliss-reactive ketones (excluding diaryl/α,β-unsaturated/α-hetero) is 1. The van der Waals surface area contributed by atoms with Crippen molar-refractivity contribution in [1.82, 2.24) is 0 Å². The third kappa shape index (κ3) is 5.00. The molecule has 0 fully saturated rings. The summed E-state index contributed by atoms with van der Waals surface area (Å²) < 4.78 is 10.4. The van der Waals surface area contributed by atoms with Crippen molar-refractivity contribution in [3.63, 3.8) is 0 Å². The number of carbonyl (C=O) groups excluding carboxylic acids is 1. The fourth-order valence-electron chi connectivity index (χ4n) is 1.34. The second-order valence-electron chi connectivity index (χ2n) is 4.40. The highest BCUT2D eigenvalue weighted by Crippen LogP contribution is 2.14. The van der Waals surface area contributed by atoms with Crippen LogP contribution in [0.1, 0.15) is 30.6 Å². The number of benzene rings is 1. The van der Waals surface area contributed by atoms with Gasteiger partial charge in [-0.15, -0.1) is 0 Å². The van der Waals surface area contributed by atoms with Crippen LogP contribution in [0.5, 0.6) is 5.75 Å². The maximum absolute atomic E-state index is 11.7. The molecule has 0 aliphatic carbocycles. The molecule has 1 aromatic rings. The average molecular weight is 236 g/mol. The fourth-order valence-corrected chi connectivity index (χ4v) is 1.34. The van der Waals surface area contributed by atoms with Crippen LogP contribution in [-0.4, -0.2) is 26.1 Å². The predicted octanol–water partition coefficient (Wildman–Crippen LogP) is 2.94. The molecule has 1 rings (SSSR count). The lowest BCUT2D eigenvalue weighted by Crippen LogP contribution is -2.05. The molecular formula is C14H20O3. The lowest BCUT2D eigenvalue weighted by molar-refractivity contribution is 0.0932. The van der Waals surface area contributed by atoms with E-state index in [1.54, 1.807) is 19.2 Å². The van der Waals surface area contributed by atoms with Crippen molar-refractivity contribution in [2.75, 3.05) is 20.3 Å². The number of carbonyl (C=O) groups is 1. The summed E-state index contributed by atoms with van der Waals surface area (Å²) in [5, 5.41) is 0. The number of rotatable bonds is 7. The van der Waals surface area contributed by atoms with Gasteiger partial charge in [0.2, 0.25) is 0 Å². The molecule has 0 atom stereocenters. The molecule has 0 heterocycles. The van der Waals surface area contributed by atoms with E-state index in [9.17, 15) is 4.79 Å². The van der Waals surface area contributed by atoms with Crippen LogP contribution in [0.25, 0.3) is 0 Å². The van der Waals surface area contributed by atoms with Gasteiger partial charge in [-0.3, -0.25) is 4.79 Å². The summed E-state index contributed by atoms with van der Waals surface area (Å²) in [6, 6.07) is 7.27. The summed E-state index contributed by atoms with van der Waals surface area (Å²) in [7, 11) is 1.59. The summed E-state index contributed by atoms with van der Waals surface area (Å²) in [6.45, 7) is 5.35. The number of ether oxygens (including phenoxy) is 2. The highest BCUT2D eigenvalue weighted by Gasteiger charge is 2.05. The van der Waals surface area contributed by atoms with E-state index in [1.807, 2.05) is 12.1 Å². The Hall–Kier alpha value is -1.35. The van der Waals surface area contributed by atoms with Crippen molar-refractivity contribution in [3.8, 4) is 5.75 Å². The zero-order valence-corrected chi connectivity index (χ0v) is 10.7. The summed E-state index contributed by atoms with van der Waals surface area (Å²) >= 11 is 0. The minimum Gasteiger partial charge on any atom is -0.493 e. The van der Waals surface area contributed by atoms with Crippen molar-refractivity contribution in [2.24, 2.45) is 5.92 Å². The van der Waals surface area contributed by atoms with E-state index in [0.29, 0.717) is 31.1 Å². The lowest BCUT2D eigenvalue weighted by Gasteiger charge is -2.08. The molecular weight excluding hydrogens is 216 g/mol. The molecule has 0 unspecified atom stereocenters. The van der Waals surface area contributed by atoms with Crippen molar-refractivity contribution in [2.45, 2.75) is 20.3 Å². The monoisotopic (exact) mass is 236 g/mol. The quantitative estimate of drug-likeness (QED) is 0.683. The minimum absolute atomic E-state index is 0.0993. The third-order valence-electron chi connectivity index (χ3n) is 2.29. The topological polar surface area (TPSA) is 35.5 Å². The Morgan fingerprint density at radius 1 is 1.24 bits per heavy atom. The molecule has 0 aliphatic heterocycles. The van der Waals surface area contributed by atoms with Crippen molar-refractivity contribution >= 4 is 5.78 Å². The van der Waals surface area contributed by atoms with Gasteiger partial charge < -0.3 is 9.47 Å². The molecule has 94 valence electrons. The van der Waals surface area contributed by atoms with E-state index in [4.69, 9.17) is 9.47 Å². The normalized spacial score (nSPS) is 10.6. The van der Waals surface area contributed by atoms with Crippen LogP contribution in [0.15, 0.2) is 24.3 Å². The van der Waals surface area contributed by atoms with Gasteiger partial charge in [-0.05, 0) is 30.2 Å². The Balaban J connectivity index is 2.52. The first kappa shape index (κ1) is 13.7. The fraction of sp³-hybridized carbons (Fsp3) is 0.500. The standard InChI is InChI=1S/C14H20O3/c1-11(2)10-17-13-6-4-12(5-7-13)14(15)8-9-16-3/h4-7,11H,8-10H2,1-3H3. The van der Waals surface area contributed by atoms with Crippen LogP contribution in [0.4, 0.5) is 0 Å². The molecule has 0 N–H and O–H groups in total. The van der Waals surface area contributed by atoms with Crippen LogP contribution in [0.2, 0.25) is 0 Å². The Morgan fingerprint density at radius 3 is 2.41 bits per heavy atom. The van der Waals surface area contributed by atoms with Crippen LogP contribution in [-0.2, 0) is 4.74 Å². The van der Waals surface area contributed by atoms with E-state index < -0.39 is 0 Å². The van der Waals surface area contributed by atoms with Gasteiger partial charge in [0.1, 0.15) is 5.75 Å². The van der Waals surface area contributed by atoms with Gasteiger partial charge >= 0.3 is 0 Å². The molecule has 3 nitrogen and oxygen atoms in total. The summed E-state index contributed by atoms with van der Waals surface area (Å²) in [4.78, 5) is 11.7. The summed E-state index contributed by atoms with van der Waals surface area (Å²) in [5.41, 5.74) is 0.707. The summed E-state index contributed by atoms with van der Waals surface area (Å²) in [5.74, 6) is 1.40. The lowest BCUT2D eigenvalue weighted by atomic mass is 10.1. The molecule has 0 saturated heterocycles. The van der Waals surface area contributed by atoms with Crippen molar-refractivity contribution < 1.29 is 14.3 Å². The molecule has 0 saturated carbocycles. The molecule has 0 amide bonds. The van der Waals surface area contributed by atoms with Gasteiger partial charge in [0.05, 0.1) is 13.2 Å². The highest BCUT2D eigenvalue weighted by molar-refractivity contribution is 5.96. The number of hydrogen-bond acceptors (Lipinski definition) is 3. The van der Waals surface area contributed by atoms with Crippen LogP contribution >= 0.6 is 0 Å². The molecule has 0 bridgehead atoms. The van der Waals surface area contributed by atoms with E-state index in [0.717, 1.165) is 5.75 Å². The zero-order valence-electron chi connectivity index (χ0n) is 10.7. The first-order valence-electron chi connectivity index (χ1n) is 5.88. The van der Waals surface area contributed by atoms with Gasteiger partial charge in [-0.25, -0.2) is 0 Å². The van der Waals surface area contributed by atoms with Crippen molar-refractivity contribution in [1.29, 1.82) is 0 Å². The molecule has 0 aliphatic rings. The zero-order chi connectivity index (χ0) is 12.7. The maximum Gasteiger partial charge on any atom is 0.165 e. The molecule has 0 aromatic heterocycles. The number of hydrogen-bond donors (Lipinski definition) is 0. The van der Waals surface area contributed by atoms with Crippen LogP contribution in [0, 0.1) is 5.92 Å². The number of ketones is 1. The van der Waals surface area contributed by atoms with E-state index in [1.165, 1.54) is 0 Å². The van der Waals surface area contributed by atoms with E-state index in [2.05, 4.69) is 13.8 Å². The SMILES string of the molecule is COCCC(=O)c1ccc(OCC(C)C)cc1. The van der Waals surface area contributed by atoms with Gasteiger partial charge in [-0.2, -0.15) is 0 Å². The van der Waals surface area contributed by atoms with Gasteiger partial charge in [0, 0.05) is 19.1 Å². The molecule has 17 heavy (non-hydrogen) atoms. The van der Waals surface area contributed by atoms with Crippen LogP contribution < -0.4 is 4.74 Å². The Bertz CT molecular complexity index is 341. The first-order valence-corrected chi connectivity index (χ1v) is 5.88. The predicted molar refractivity (Wildman–Crippen MR) is 67.6 cm³/mol. The number of methoxy groups -OCH3 is 1. The third-order valence-corrected chi connectivity index (χ3v) is 2.29. The Labute approximate surface area is 103 Å². The van der Waals surface area contributed by atoms with Gasteiger partial charge in [-0.1, -0.05) is 13.8 Å². The Morgan fingerprint density at radius 2 is 1.88 bits per heavy atom. The van der Waals surface area contributed by atoms with E-state index >= 15 is 0 Å². The second kappa shape index (κ2) is 7.07. The van der Waals surface area contributed by atoms with Gasteiger partial charge in [0.15, 0.2) is 5.78 Å². The Kier molecular flexibility index (Phi) is 5.70. The maximum atomic E-state index is 11.7. The van der Waals surface area contributed by atoms with Gasteiger partial charge in [0.25, 0.3) is 0 Å². The largest absolute Gasteiger partial charge is 0.493 e. The molecule has 0 radical (unpaired) electrons. The van der Waals surface area contributed by atoms with Crippen molar-refractivity contribution in [3.05, 3.63) is 29.8 Å². The minimum atomic E-state index is 0.0993. The highest BCUT2D eigenvalue weighted by atomic mass is 16.5.